The van der Waals surface area contributed by atoms with Crippen molar-refractivity contribution in [1.29, 1.82) is 0 Å². The van der Waals surface area contributed by atoms with Gasteiger partial charge >= 0.3 is 6.29 Å². The zero-order valence-electron chi connectivity index (χ0n) is 35.3. The lowest BCUT2D eigenvalue weighted by Gasteiger charge is -2.35. The van der Waals surface area contributed by atoms with Crippen LogP contribution in [0, 0.1) is 6.92 Å². The normalized spacial score (nSPS) is 17.7. The number of hydrogen-bond donors (Lipinski definition) is 3. The van der Waals surface area contributed by atoms with E-state index in [9.17, 15) is 36.4 Å². The third kappa shape index (κ3) is 9.17. The van der Waals surface area contributed by atoms with E-state index in [4.69, 9.17) is 22.1 Å². The number of nitrogens with zero attached hydrogens (tertiary/aromatic N) is 4. The Morgan fingerprint density at radius 1 is 0.909 bits per heavy atom. The van der Waals surface area contributed by atoms with Crippen molar-refractivity contribution < 1.29 is 50.6 Å². The van der Waals surface area contributed by atoms with Gasteiger partial charge in [0, 0.05) is 72.6 Å². The second-order valence-electron chi connectivity index (χ2n) is 16.6. The first-order valence-electron chi connectivity index (χ1n) is 21.0. The molecule has 1 saturated carbocycles. The molecule has 9 rings (SSSR count). The molecule has 0 spiro atoms. The van der Waals surface area contributed by atoms with E-state index in [-0.39, 0.29) is 67.4 Å². The van der Waals surface area contributed by atoms with Crippen LogP contribution in [0.5, 0.6) is 17.2 Å². The minimum absolute atomic E-state index is 0.115. The van der Waals surface area contributed by atoms with Gasteiger partial charge in [0.25, 0.3) is 11.8 Å². The molecule has 1 atom stereocenters. The summed E-state index contributed by atoms with van der Waals surface area (Å²) in [4.78, 5) is 65.2. The van der Waals surface area contributed by atoms with Gasteiger partial charge in [-0.1, -0.05) is 35.9 Å². The number of nitrogens with one attached hydrogen (secondary N) is 2. The molecule has 3 aliphatic heterocycles. The number of nitrogens with two attached hydrogens (primary N) is 1. The lowest BCUT2D eigenvalue weighted by molar-refractivity contribution is -0.286. The zero-order chi connectivity index (χ0) is 46.5. The molecule has 342 valence electrons. The molecule has 0 unspecified atom stereocenters. The maximum atomic E-state index is 13.6. The number of nitrogen functional groups attached to an aromatic ring is 1. The fraction of sp³-hybridized carbons (Fsp3) is 0.304. The minimum atomic E-state index is -3.93. The van der Waals surface area contributed by atoms with Gasteiger partial charge in [0.2, 0.25) is 11.8 Å². The molecule has 16 nitrogen and oxygen atoms in total. The molecule has 0 bridgehead atoms. The molecule has 3 aromatic carbocycles. The summed E-state index contributed by atoms with van der Waals surface area (Å²) >= 11 is 6.41. The van der Waals surface area contributed by atoms with Crippen molar-refractivity contribution in [2.75, 3.05) is 55.3 Å². The van der Waals surface area contributed by atoms with E-state index < -0.39 is 51.0 Å². The number of ether oxygens (including phenoxy) is 3. The number of piperazine rings is 1. The van der Waals surface area contributed by atoms with E-state index >= 15 is 0 Å². The molecule has 2 fully saturated rings. The SMILES string of the molecule is Cc1ccc(NC(=O)C2(c3ccc4c(c3)OC(F)(F)O4)CC2)nc1-c1cccc(C(=O)NCCS(=O)(=O)CC(=O)N2CCN(C(=O)[C@H]3Cc4cc(Cl)cc(-c5ccnc(N)c5)c4O3)CC2)c1. The van der Waals surface area contributed by atoms with Crippen LogP contribution in [0.3, 0.4) is 0 Å². The van der Waals surface area contributed by atoms with E-state index in [1.807, 2.05) is 6.92 Å². The average Bonchev–Trinajstić information content (AvgIpc) is 3.89. The van der Waals surface area contributed by atoms with E-state index in [1.165, 1.54) is 17.0 Å². The summed E-state index contributed by atoms with van der Waals surface area (Å²) in [5.74, 6) is -2.18. The monoisotopic (exact) mass is 941 g/mol. The number of halogens is 3. The van der Waals surface area contributed by atoms with Gasteiger partial charge in [-0.25, -0.2) is 18.4 Å². The third-order valence-electron chi connectivity index (χ3n) is 12.0. The van der Waals surface area contributed by atoms with Crippen molar-refractivity contribution in [3.8, 4) is 39.6 Å². The Bertz CT molecular complexity index is 2930. The average molecular weight is 942 g/mol. The highest BCUT2D eigenvalue weighted by Crippen LogP contribution is 2.52. The van der Waals surface area contributed by atoms with Crippen LogP contribution in [0.2, 0.25) is 5.02 Å². The number of fused-ring (bicyclic) bond motifs is 2. The van der Waals surface area contributed by atoms with Crippen LogP contribution in [-0.4, -0.2) is 108 Å². The van der Waals surface area contributed by atoms with Crippen molar-refractivity contribution in [3.63, 3.8) is 0 Å². The smallest absolute Gasteiger partial charge is 0.479 e. The number of benzene rings is 3. The topological polar surface area (TPSA) is 212 Å². The van der Waals surface area contributed by atoms with Crippen LogP contribution in [0.4, 0.5) is 20.4 Å². The first kappa shape index (κ1) is 44.3. The number of hydrogen-bond acceptors (Lipinski definition) is 12. The Labute approximate surface area is 382 Å². The Kier molecular flexibility index (Phi) is 11.5. The molecule has 0 radical (unpaired) electrons. The van der Waals surface area contributed by atoms with E-state index in [0.29, 0.717) is 58.2 Å². The quantitative estimate of drug-likeness (QED) is 0.148. The molecule has 2 aromatic heterocycles. The number of carbonyl (C=O) groups is 4. The predicted molar refractivity (Wildman–Crippen MR) is 238 cm³/mol. The standard InChI is InChI=1S/C46H42ClF2N7O9S/c1-26-5-8-38(54-44(60)45(10-11-45)31-6-7-34-35(23-31)65-46(48,49)64-34)53-40(26)28-3-2-4-29(19-28)42(58)52-13-18-66(61,62)25-39(57)55-14-16-56(17-15-55)43(59)36-21-30-20-32(47)24-33(41(30)63-36)27-9-12-51-37(50)22-27/h2-9,12,19-20,22-24,36H,10-11,13-18,21,25H2,1H3,(H2,50,51)(H,52,58)(H,53,54,60)/t36-/m1/s1. The van der Waals surface area contributed by atoms with E-state index in [0.717, 1.165) is 16.7 Å². The van der Waals surface area contributed by atoms with Gasteiger partial charge in [0.1, 0.15) is 23.1 Å². The van der Waals surface area contributed by atoms with Gasteiger partial charge in [0.05, 0.1) is 16.9 Å². The molecule has 4 N–H and O–H groups in total. The Balaban J connectivity index is 0.751. The molecule has 4 aliphatic rings. The number of rotatable bonds is 12. The molecule has 1 aliphatic carbocycles. The lowest BCUT2D eigenvalue weighted by atomic mass is 9.94. The van der Waals surface area contributed by atoms with Crippen LogP contribution in [-0.2, 0) is 36.1 Å². The number of sulfone groups is 1. The van der Waals surface area contributed by atoms with Crippen LogP contribution < -0.4 is 30.6 Å². The fourth-order valence-corrected chi connectivity index (χ4v) is 9.76. The minimum Gasteiger partial charge on any atom is -0.479 e. The highest BCUT2D eigenvalue weighted by atomic mass is 35.5. The van der Waals surface area contributed by atoms with Crippen LogP contribution >= 0.6 is 11.6 Å². The molecular formula is C46H42ClF2N7O9S. The van der Waals surface area contributed by atoms with Crippen molar-refractivity contribution in [2.45, 2.75) is 44.0 Å². The maximum absolute atomic E-state index is 13.6. The van der Waals surface area contributed by atoms with Gasteiger partial charge in [-0.15, -0.1) is 8.78 Å². The molecule has 20 heteroatoms. The highest BCUT2D eigenvalue weighted by Gasteiger charge is 2.53. The zero-order valence-corrected chi connectivity index (χ0v) is 36.9. The summed E-state index contributed by atoms with van der Waals surface area (Å²) in [6.07, 6.45) is -1.73. The van der Waals surface area contributed by atoms with Crippen molar-refractivity contribution in [1.82, 2.24) is 25.1 Å². The maximum Gasteiger partial charge on any atom is 0.586 e. The molecule has 5 heterocycles. The number of amides is 4. The second kappa shape index (κ2) is 17.2. The van der Waals surface area contributed by atoms with Gasteiger partial charge in [-0.2, -0.15) is 0 Å². The Morgan fingerprint density at radius 2 is 1.67 bits per heavy atom. The number of alkyl halides is 2. The molecule has 5 aromatic rings. The number of aryl methyl sites for hydroxylation is 1. The summed E-state index contributed by atoms with van der Waals surface area (Å²) in [7, 11) is -3.93. The van der Waals surface area contributed by atoms with Gasteiger partial charge in [-0.05, 0) is 91.1 Å². The van der Waals surface area contributed by atoms with E-state index in [2.05, 4.69) is 30.1 Å². The van der Waals surface area contributed by atoms with Gasteiger partial charge in [-0.3, -0.25) is 19.2 Å². The van der Waals surface area contributed by atoms with E-state index in [1.54, 1.807) is 77.8 Å². The molecular weight excluding hydrogens is 900 g/mol. The molecule has 1 saturated heterocycles. The second-order valence-corrected chi connectivity index (χ2v) is 19.2. The number of anilines is 2. The van der Waals surface area contributed by atoms with Crippen molar-refractivity contribution >= 4 is 56.7 Å². The largest absolute Gasteiger partial charge is 0.586 e. The third-order valence-corrected chi connectivity index (χ3v) is 13.8. The summed E-state index contributed by atoms with van der Waals surface area (Å²) in [5, 5.41) is 5.94. The Morgan fingerprint density at radius 3 is 2.42 bits per heavy atom. The number of carbonyl (C=O) groups excluding carboxylic acids is 4. The Hall–Kier alpha value is -6.86. The van der Waals surface area contributed by atoms with Crippen molar-refractivity contribution in [3.05, 3.63) is 112 Å². The fourth-order valence-electron chi connectivity index (χ4n) is 8.40. The molecule has 4 amide bonds. The van der Waals surface area contributed by atoms with Crippen LogP contribution in [0.25, 0.3) is 22.4 Å². The van der Waals surface area contributed by atoms with Gasteiger partial charge in [0.15, 0.2) is 27.4 Å². The summed E-state index contributed by atoms with van der Waals surface area (Å²) in [6.45, 7) is 2.22. The predicted octanol–water partition coefficient (Wildman–Crippen LogP) is 5.17. The first-order valence-corrected chi connectivity index (χ1v) is 23.2. The number of aromatic nitrogens is 2. The van der Waals surface area contributed by atoms with Crippen LogP contribution in [0.1, 0.15) is 39.9 Å². The molecule has 66 heavy (non-hydrogen) atoms. The van der Waals surface area contributed by atoms with Crippen LogP contribution in [0.15, 0.2) is 85.1 Å². The lowest BCUT2D eigenvalue weighted by Crippen LogP contribution is -2.54. The van der Waals surface area contributed by atoms with Gasteiger partial charge < -0.3 is 40.4 Å². The summed E-state index contributed by atoms with van der Waals surface area (Å²) < 4.78 is 68.6. The highest BCUT2D eigenvalue weighted by molar-refractivity contribution is 7.92. The number of pyridine rings is 2. The summed E-state index contributed by atoms with van der Waals surface area (Å²) in [6, 6.07) is 21.2. The summed E-state index contributed by atoms with van der Waals surface area (Å²) in [5.41, 5.74) is 9.66. The first-order chi connectivity index (χ1) is 31.5. The van der Waals surface area contributed by atoms with Crippen molar-refractivity contribution in [2.24, 2.45) is 0 Å².